The topological polar surface area (TPSA) is 145 Å². The molecule has 0 bridgehead atoms. The van der Waals surface area contributed by atoms with Crippen LogP contribution in [0.2, 0.25) is 0 Å². The quantitative estimate of drug-likeness (QED) is 0.173. The first-order valence-electron chi connectivity index (χ1n) is 11.3. The molecule has 0 atom stereocenters. The lowest BCUT2D eigenvalue weighted by Gasteiger charge is -2.08. The van der Waals surface area contributed by atoms with Gasteiger partial charge in [0.05, 0.1) is 22.9 Å². The van der Waals surface area contributed by atoms with Crippen molar-refractivity contribution in [2.24, 2.45) is 0 Å². The Bertz CT molecular complexity index is 1440. The van der Waals surface area contributed by atoms with Gasteiger partial charge in [0.2, 0.25) is 5.91 Å². The first-order chi connectivity index (χ1) is 17.9. The van der Waals surface area contributed by atoms with Crippen LogP contribution in [0.4, 0.5) is 10.8 Å². The number of aromatic nitrogens is 4. The van der Waals surface area contributed by atoms with E-state index in [-0.39, 0.29) is 29.5 Å². The second kappa shape index (κ2) is 11.8. The number of anilines is 1. The van der Waals surface area contributed by atoms with E-state index in [0.717, 1.165) is 16.1 Å². The van der Waals surface area contributed by atoms with Crippen molar-refractivity contribution >= 4 is 45.7 Å². The molecule has 13 heteroatoms. The normalized spacial score (nSPS) is 10.8. The number of thioether (sulfide) groups is 1. The number of nitrogens with one attached hydrogen (secondary N) is 2. The van der Waals surface area contributed by atoms with Gasteiger partial charge in [0.1, 0.15) is 0 Å². The van der Waals surface area contributed by atoms with Crippen molar-refractivity contribution in [3.05, 3.63) is 81.0 Å². The van der Waals surface area contributed by atoms with Crippen LogP contribution in [-0.4, -0.2) is 42.2 Å². The fourth-order valence-electron chi connectivity index (χ4n) is 3.50. The molecule has 0 saturated heterocycles. The molecule has 2 N–H and O–H groups in total. The van der Waals surface area contributed by atoms with Crippen LogP contribution in [0.15, 0.2) is 59.8 Å². The summed E-state index contributed by atoms with van der Waals surface area (Å²) >= 11 is 2.65. The van der Waals surface area contributed by atoms with Gasteiger partial charge in [0.25, 0.3) is 11.6 Å². The summed E-state index contributed by atoms with van der Waals surface area (Å²) in [5, 5.41) is 25.9. The van der Waals surface area contributed by atoms with Crippen LogP contribution >= 0.6 is 23.1 Å². The van der Waals surface area contributed by atoms with E-state index in [0.29, 0.717) is 22.7 Å². The predicted octanol–water partition coefficient (Wildman–Crippen LogP) is 4.30. The van der Waals surface area contributed by atoms with Gasteiger partial charge >= 0.3 is 0 Å². The Morgan fingerprint density at radius 1 is 1.14 bits per heavy atom. The zero-order valence-corrected chi connectivity index (χ0v) is 21.6. The van der Waals surface area contributed by atoms with Crippen LogP contribution in [0.3, 0.4) is 0 Å². The fraction of sp³-hybridized carbons (Fsp3) is 0.208. The Morgan fingerprint density at radius 3 is 2.65 bits per heavy atom. The van der Waals surface area contributed by atoms with E-state index < -0.39 is 10.8 Å². The third-order valence-electron chi connectivity index (χ3n) is 5.26. The number of benzene rings is 2. The van der Waals surface area contributed by atoms with Gasteiger partial charge in [-0.05, 0) is 19.9 Å². The van der Waals surface area contributed by atoms with Gasteiger partial charge in [-0.1, -0.05) is 48.2 Å². The fourth-order valence-corrected chi connectivity index (χ4v) is 5.17. The predicted molar refractivity (Wildman–Crippen MR) is 142 cm³/mol. The molecule has 0 unspecified atom stereocenters. The summed E-state index contributed by atoms with van der Waals surface area (Å²) in [6, 6.07) is 15.3. The summed E-state index contributed by atoms with van der Waals surface area (Å²) in [5.74, 6) is -0.0642. The number of carbonyl (C=O) groups is 2. The lowest BCUT2D eigenvalue weighted by Crippen LogP contribution is -2.25. The maximum Gasteiger partial charge on any atom is 0.270 e. The number of hydrogen-bond acceptors (Lipinski definition) is 9. The summed E-state index contributed by atoms with van der Waals surface area (Å²) < 4.78 is 1.80. The number of amides is 2. The van der Waals surface area contributed by atoms with Crippen LogP contribution < -0.4 is 10.6 Å². The number of hydrogen-bond donors (Lipinski definition) is 2. The zero-order chi connectivity index (χ0) is 26.4. The zero-order valence-electron chi connectivity index (χ0n) is 20.0. The Kier molecular flexibility index (Phi) is 8.25. The first-order valence-corrected chi connectivity index (χ1v) is 13.1. The third-order valence-corrected chi connectivity index (χ3v) is 7.11. The molecule has 2 aromatic carbocycles. The minimum atomic E-state index is -0.554. The standard InChI is InChI=1S/C24H23N7O4S2/c1-3-30-19(13-25-22(33)17-10-7-11-18(12-17)31(34)35)28-29-24(30)36-14-20(32)26-23-27-21(15(2)37-23)16-8-5-4-6-9-16/h4-12H,3,13-14H2,1-2H3,(H,25,33)(H,26,27,32). The van der Waals surface area contributed by atoms with E-state index in [2.05, 4.69) is 25.8 Å². The smallest absolute Gasteiger partial charge is 0.270 e. The van der Waals surface area contributed by atoms with Gasteiger partial charge in [-0.15, -0.1) is 21.5 Å². The molecule has 2 heterocycles. The molecule has 2 amide bonds. The molecule has 4 rings (SSSR count). The molecular weight excluding hydrogens is 514 g/mol. The summed E-state index contributed by atoms with van der Waals surface area (Å²) in [6.07, 6.45) is 0. The monoisotopic (exact) mass is 537 g/mol. The van der Waals surface area contributed by atoms with E-state index in [4.69, 9.17) is 0 Å². The minimum absolute atomic E-state index is 0.0791. The van der Waals surface area contributed by atoms with Gasteiger partial charge in [-0.25, -0.2) is 4.98 Å². The van der Waals surface area contributed by atoms with Gasteiger partial charge in [0, 0.05) is 34.7 Å². The van der Waals surface area contributed by atoms with Crippen LogP contribution in [0.5, 0.6) is 0 Å². The maximum absolute atomic E-state index is 12.6. The number of thiazole rings is 1. The van der Waals surface area contributed by atoms with Crippen molar-refractivity contribution in [3.8, 4) is 11.3 Å². The average Bonchev–Trinajstić information content (AvgIpc) is 3.48. The van der Waals surface area contributed by atoms with Gasteiger partial charge in [0.15, 0.2) is 16.1 Å². The number of nitro groups is 1. The number of non-ortho nitro benzene ring substituents is 1. The van der Waals surface area contributed by atoms with Crippen molar-refractivity contribution in [2.75, 3.05) is 11.1 Å². The Hall–Kier alpha value is -4.10. The van der Waals surface area contributed by atoms with Crippen molar-refractivity contribution in [1.82, 2.24) is 25.1 Å². The van der Waals surface area contributed by atoms with Gasteiger partial charge in [-0.2, -0.15) is 0 Å². The number of nitrogens with zero attached hydrogens (tertiary/aromatic N) is 5. The number of carbonyl (C=O) groups excluding carboxylic acids is 2. The lowest BCUT2D eigenvalue weighted by atomic mass is 10.1. The molecule has 0 saturated carbocycles. The van der Waals surface area contributed by atoms with E-state index >= 15 is 0 Å². The van der Waals surface area contributed by atoms with Crippen LogP contribution in [-0.2, 0) is 17.9 Å². The highest BCUT2D eigenvalue weighted by Gasteiger charge is 2.17. The average molecular weight is 538 g/mol. The van der Waals surface area contributed by atoms with E-state index in [1.807, 2.05) is 44.2 Å². The second-order valence-electron chi connectivity index (χ2n) is 7.76. The summed E-state index contributed by atoms with van der Waals surface area (Å²) in [7, 11) is 0. The molecule has 0 aliphatic carbocycles. The largest absolute Gasteiger partial charge is 0.345 e. The highest BCUT2D eigenvalue weighted by atomic mass is 32.2. The van der Waals surface area contributed by atoms with Crippen molar-refractivity contribution in [2.45, 2.75) is 32.1 Å². The maximum atomic E-state index is 12.6. The van der Waals surface area contributed by atoms with Crippen molar-refractivity contribution in [3.63, 3.8) is 0 Å². The molecule has 0 fully saturated rings. The molecule has 190 valence electrons. The molecule has 0 spiro atoms. The molecular formula is C24H23N7O4S2. The number of nitro benzene ring substituents is 1. The van der Waals surface area contributed by atoms with Crippen LogP contribution in [0, 0.1) is 17.0 Å². The van der Waals surface area contributed by atoms with Crippen LogP contribution in [0.1, 0.15) is 28.0 Å². The summed E-state index contributed by atoms with van der Waals surface area (Å²) in [5.41, 5.74) is 1.85. The van der Waals surface area contributed by atoms with Crippen molar-refractivity contribution in [1.29, 1.82) is 0 Å². The Labute approximate surface area is 220 Å². The third kappa shape index (κ3) is 6.37. The number of aryl methyl sites for hydroxylation is 1. The Morgan fingerprint density at radius 2 is 1.92 bits per heavy atom. The number of rotatable bonds is 10. The molecule has 0 aliphatic rings. The van der Waals surface area contributed by atoms with E-state index in [1.165, 1.54) is 47.4 Å². The second-order valence-corrected chi connectivity index (χ2v) is 9.91. The van der Waals surface area contributed by atoms with Gasteiger partial charge < -0.3 is 15.2 Å². The minimum Gasteiger partial charge on any atom is -0.345 e. The van der Waals surface area contributed by atoms with Gasteiger partial charge in [-0.3, -0.25) is 19.7 Å². The molecule has 2 aromatic heterocycles. The summed E-state index contributed by atoms with van der Waals surface area (Å²) in [6.45, 7) is 4.48. The summed E-state index contributed by atoms with van der Waals surface area (Å²) in [4.78, 5) is 41.0. The SMILES string of the molecule is CCn1c(CNC(=O)c2cccc([N+](=O)[O-])c2)nnc1SCC(=O)Nc1nc(-c2ccccc2)c(C)s1. The van der Waals surface area contributed by atoms with Crippen LogP contribution in [0.25, 0.3) is 11.3 Å². The molecule has 37 heavy (non-hydrogen) atoms. The highest BCUT2D eigenvalue weighted by molar-refractivity contribution is 7.99. The molecule has 0 radical (unpaired) electrons. The first kappa shape index (κ1) is 26.0. The molecule has 4 aromatic rings. The highest BCUT2D eigenvalue weighted by Crippen LogP contribution is 2.30. The Balaban J connectivity index is 1.34. The van der Waals surface area contributed by atoms with Crippen molar-refractivity contribution < 1.29 is 14.5 Å². The molecule has 11 nitrogen and oxygen atoms in total. The lowest BCUT2D eigenvalue weighted by molar-refractivity contribution is -0.384. The molecule has 0 aliphatic heterocycles. The van der Waals surface area contributed by atoms with E-state index in [9.17, 15) is 19.7 Å². The van der Waals surface area contributed by atoms with E-state index in [1.54, 1.807) is 4.57 Å².